The van der Waals surface area contributed by atoms with Gasteiger partial charge in [0.05, 0.1) is 6.61 Å². The molecule has 1 aliphatic rings. The van der Waals surface area contributed by atoms with Crippen molar-refractivity contribution in [2.24, 2.45) is 0 Å². The number of aryl methyl sites for hydroxylation is 2. The van der Waals surface area contributed by atoms with Crippen LogP contribution in [0.5, 0.6) is 0 Å². The summed E-state index contributed by atoms with van der Waals surface area (Å²) in [7, 11) is 0. The van der Waals surface area contributed by atoms with E-state index < -0.39 is 6.04 Å². The summed E-state index contributed by atoms with van der Waals surface area (Å²) in [4.78, 5) is 10.8. The molecule has 1 atom stereocenters. The lowest BCUT2D eigenvalue weighted by Gasteiger charge is -2.11. The molecule has 1 unspecified atom stereocenters. The van der Waals surface area contributed by atoms with Crippen LogP contribution in [0.1, 0.15) is 82.3 Å². The number of unbranched alkanes of at least 4 members (excludes halogenated alkanes) is 9. The SMILES string of the molecule is CCc1ccc(CCCCCCCCCCCCOC2=CC=CC=CC2[N+](=O)[O-])cc1. The van der Waals surface area contributed by atoms with Crippen molar-refractivity contribution in [3.05, 3.63) is 81.6 Å². The molecular weight excluding hydrogens is 386 g/mol. The van der Waals surface area contributed by atoms with Crippen LogP contribution >= 0.6 is 0 Å². The van der Waals surface area contributed by atoms with E-state index in [1.165, 1.54) is 68.9 Å². The maximum Gasteiger partial charge on any atom is 0.287 e. The molecule has 0 bridgehead atoms. The van der Waals surface area contributed by atoms with Crippen molar-refractivity contribution < 1.29 is 9.66 Å². The zero-order valence-electron chi connectivity index (χ0n) is 19.1. The van der Waals surface area contributed by atoms with Gasteiger partial charge >= 0.3 is 0 Å². The maximum atomic E-state index is 11.1. The van der Waals surface area contributed by atoms with Gasteiger partial charge in [0, 0.05) is 4.92 Å². The number of rotatable bonds is 16. The molecule has 4 nitrogen and oxygen atoms in total. The van der Waals surface area contributed by atoms with Crippen molar-refractivity contribution in [1.29, 1.82) is 0 Å². The predicted molar refractivity (Wildman–Crippen MR) is 129 cm³/mol. The highest BCUT2D eigenvalue weighted by Gasteiger charge is 2.23. The molecule has 1 aromatic carbocycles. The number of hydrogen-bond acceptors (Lipinski definition) is 3. The van der Waals surface area contributed by atoms with Crippen LogP contribution < -0.4 is 0 Å². The van der Waals surface area contributed by atoms with Gasteiger partial charge in [-0.05, 0) is 49.0 Å². The topological polar surface area (TPSA) is 52.4 Å². The third kappa shape index (κ3) is 10.5. The maximum absolute atomic E-state index is 11.1. The van der Waals surface area contributed by atoms with E-state index in [4.69, 9.17) is 4.74 Å². The van der Waals surface area contributed by atoms with Crippen LogP contribution in [0.4, 0.5) is 0 Å². The third-order valence-electron chi connectivity index (χ3n) is 5.85. The first-order chi connectivity index (χ1) is 15.2. The Balaban J connectivity index is 1.39. The molecule has 31 heavy (non-hydrogen) atoms. The second-order valence-electron chi connectivity index (χ2n) is 8.37. The van der Waals surface area contributed by atoms with E-state index in [2.05, 4.69) is 31.2 Å². The van der Waals surface area contributed by atoms with Crippen LogP contribution in [0.25, 0.3) is 0 Å². The summed E-state index contributed by atoms with van der Waals surface area (Å²) in [5, 5.41) is 11.1. The molecule has 0 aliphatic heterocycles. The lowest BCUT2D eigenvalue weighted by atomic mass is 10.0. The van der Waals surface area contributed by atoms with E-state index in [1.54, 1.807) is 30.4 Å². The minimum atomic E-state index is -0.864. The molecule has 0 fully saturated rings. The van der Waals surface area contributed by atoms with Crippen molar-refractivity contribution in [2.75, 3.05) is 6.61 Å². The Hall–Kier alpha value is -2.36. The van der Waals surface area contributed by atoms with Crippen LogP contribution in [0, 0.1) is 10.1 Å². The summed E-state index contributed by atoms with van der Waals surface area (Å²) in [6.07, 6.45) is 23.4. The molecule has 0 aromatic heterocycles. The number of allylic oxidation sites excluding steroid dienone is 4. The number of hydrogen-bond donors (Lipinski definition) is 0. The number of nitrogens with zero attached hydrogens (tertiary/aromatic N) is 1. The summed E-state index contributed by atoms with van der Waals surface area (Å²) in [6, 6.07) is 8.22. The van der Waals surface area contributed by atoms with E-state index in [-0.39, 0.29) is 4.92 Å². The minimum absolute atomic E-state index is 0.307. The fourth-order valence-electron chi connectivity index (χ4n) is 3.86. The highest BCUT2D eigenvalue weighted by atomic mass is 16.6. The van der Waals surface area contributed by atoms with Gasteiger partial charge in [0.15, 0.2) is 5.76 Å². The largest absolute Gasteiger partial charge is 0.490 e. The second-order valence-corrected chi connectivity index (χ2v) is 8.37. The van der Waals surface area contributed by atoms with Crippen molar-refractivity contribution in [2.45, 2.75) is 90.0 Å². The number of benzene rings is 1. The highest BCUT2D eigenvalue weighted by Crippen LogP contribution is 2.16. The predicted octanol–water partition coefficient (Wildman–Crippen LogP) is 7.36. The summed E-state index contributed by atoms with van der Waals surface area (Å²) < 4.78 is 5.68. The van der Waals surface area contributed by atoms with Crippen LogP contribution in [-0.2, 0) is 17.6 Å². The first kappa shape index (κ1) is 24.9. The summed E-state index contributed by atoms with van der Waals surface area (Å²) in [5.41, 5.74) is 2.89. The molecule has 0 heterocycles. The molecule has 0 amide bonds. The van der Waals surface area contributed by atoms with E-state index in [0.29, 0.717) is 12.4 Å². The van der Waals surface area contributed by atoms with Crippen molar-refractivity contribution >= 4 is 0 Å². The van der Waals surface area contributed by atoms with E-state index in [0.717, 1.165) is 19.3 Å². The smallest absolute Gasteiger partial charge is 0.287 e. The fraction of sp³-hybridized carbons (Fsp3) is 0.556. The molecule has 2 rings (SSSR count). The molecule has 0 N–H and O–H groups in total. The van der Waals surface area contributed by atoms with Gasteiger partial charge in [0.25, 0.3) is 6.04 Å². The molecule has 170 valence electrons. The molecule has 1 aliphatic carbocycles. The second kappa shape index (κ2) is 15.4. The molecule has 0 saturated heterocycles. The van der Waals surface area contributed by atoms with Crippen LogP contribution in [-0.4, -0.2) is 17.6 Å². The minimum Gasteiger partial charge on any atom is -0.490 e. The first-order valence-corrected chi connectivity index (χ1v) is 12.1. The summed E-state index contributed by atoms with van der Waals surface area (Å²) >= 11 is 0. The highest BCUT2D eigenvalue weighted by molar-refractivity contribution is 5.24. The quantitative estimate of drug-likeness (QED) is 0.158. The third-order valence-corrected chi connectivity index (χ3v) is 5.85. The average molecular weight is 426 g/mol. The summed E-state index contributed by atoms with van der Waals surface area (Å²) in [6.45, 7) is 2.75. The molecule has 0 radical (unpaired) electrons. The Morgan fingerprint density at radius 1 is 0.806 bits per heavy atom. The Labute approximate surface area is 188 Å². The number of ether oxygens (including phenoxy) is 1. The van der Waals surface area contributed by atoms with Crippen LogP contribution in [0.2, 0.25) is 0 Å². The Morgan fingerprint density at radius 3 is 2.00 bits per heavy atom. The number of nitro groups is 1. The van der Waals surface area contributed by atoms with Crippen LogP contribution in [0.15, 0.2) is 60.4 Å². The lowest BCUT2D eigenvalue weighted by Crippen LogP contribution is -2.21. The Kier molecular flexibility index (Phi) is 12.4. The van der Waals surface area contributed by atoms with Gasteiger partial charge in [-0.25, -0.2) is 0 Å². The molecular formula is C27H39NO3. The zero-order valence-corrected chi connectivity index (χ0v) is 19.1. The lowest BCUT2D eigenvalue weighted by molar-refractivity contribution is -0.504. The van der Waals surface area contributed by atoms with E-state index in [1.807, 2.05) is 0 Å². The van der Waals surface area contributed by atoms with E-state index in [9.17, 15) is 10.1 Å². The van der Waals surface area contributed by atoms with Crippen molar-refractivity contribution in [1.82, 2.24) is 0 Å². The zero-order chi connectivity index (χ0) is 22.2. The molecule has 1 aromatic rings. The molecule has 0 spiro atoms. The van der Waals surface area contributed by atoms with Crippen LogP contribution in [0.3, 0.4) is 0 Å². The normalized spacial score (nSPS) is 15.5. The first-order valence-electron chi connectivity index (χ1n) is 12.1. The van der Waals surface area contributed by atoms with Gasteiger partial charge in [-0.1, -0.05) is 101 Å². The molecule has 0 saturated carbocycles. The summed E-state index contributed by atoms with van der Waals surface area (Å²) in [5.74, 6) is 0.438. The van der Waals surface area contributed by atoms with Gasteiger partial charge in [0.2, 0.25) is 0 Å². The van der Waals surface area contributed by atoms with Gasteiger partial charge < -0.3 is 4.74 Å². The average Bonchev–Trinajstić information content (AvgIpc) is 3.03. The van der Waals surface area contributed by atoms with Gasteiger partial charge in [0.1, 0.15) is 0 Å². The van der Waals surface area contributed by atoms with Crippen molar-refractivity contribution in [3.8, 4) is 0 Å². The Bertz CT molecular complexity index is 719. The monoisotopic (exact) mass is 425 g/mol. The Morgan fingerprint density at radius 2 is 1.39 bits per heavy atom. The van der Waals surface area contributed by atoms with Gasteiger partial charge in [-0.2, -0.15) is 0 Å². The van der Waals surface area contributed by atoms with Gasteiger partial charge in [-0.3, -0.25) is 10.1 Å². The standard InChI is InChI=1S/C27H39NO3/c1-2-24-19-21-25(22-20-24)16-12-9-7-5-3-4-6-8-10-15-23-31-27-18-14-11-13-17-26(27)28(29)30/h11,13-14,17-22,26H,2-10,12,15-16,23H2,1H3. The fourth-order valence-corrected chi connectivity index (χ4v) is 3.86. The van der Waals surface area contributed by atoms with Crippen molar-refractivity contribution in [3.63, 3.8) is 0 Å². The van der Waals surface area contributed by atoms with E-state index >= 15 is 0 Å². The molecule has 4 heteroatoms. The van der Waals surface area contributed by atoms with Gasteiger partial charge in [-0.15, -0.1) is 0 Å².